The highest BCUT2D eigenvalue weighted by molar-refractivity contribution is 7.89. The normalized spacial score (nSPS) is 17.0. The lowest BCUT2D eigenvalue weighted by Crippen LogP contribution is -2.60. The second kappa shape index (κ2) is 11.1. The van der Waals surface area contributed by atoms with Crippen LogP contribution in [0.3, 0.4) is 0 Å². The van der Waals surface area contributed by atoms with Gasteiger partial charge in [-0.3, -0.25) is 4.79 Å². The number of rotatable bonds is 7. The lowest BCUT2D eigenvalue weighted by molar-refractivity contribution is -0.120. The van der Waals surface area contributed by atoms with Crippen molar-refractivity contribution in [3.05, 3.63) is 115 Å². The molecule has 4 aromatic rings. The van der Waals surface area contributed by atoms with Gasteiger partial charge in [-0.25, -0.2) is 16.8 Å². The molecule has 0 aliphatic carbocycles. The Morgan fingerprint density at radius 2 is 1.15 bits per heavy atom. The number of carbonyl (C=O) groups excluding carboxylic acids is 1. The van der Waals surface area contributed by atoms with Crippen molar-refractivity contribution in [3.8, 4) is 11.1 Å². The number of carbonyl (C=O) groups is 1. The molecular formula is C29H27N3O5S2. The third-order valence-corrected chi connectivity index (χ3v) is 10.4. The van der Waals surface area contributed by atoms with E-state index in [4.69, 9.17) is 0 Å². The summed E-state index contributed by atoms with van der Waals surface area (Å²) in [5, 5.41) is 2.88. The second-order valence-electron chi connectivity index (χ2n) is 9.02. The summed E-state index contributed by atoms with van der Waals surface area (Å²) < 4.78 is 56.4. The molecule has 1 N–H and O–H groups in total. The summed E-state index contributed by atoms with van der Waals surface area (Å²) in [6.07, 6.45) is 0. The molecule has 39 heavy (non-hydrogen) atoms. The molecule has 0 spiro atoms. The van der Waals surface area contributed by atoms with E-state index in [1.54, 1.807) is 48.5 Å². The smallest absolute Gasteiger partial charge is 0.244 e. The van der Waals surface area contributed by atoms with Crippen LogP contribution in [0, 0.1) is 0 Å². The summed E-state index contributed by atoms with van der Waals surface area (Å²) in [6, 6.07) is 31.1. The molecule has 0 radical (unpaired) electrons. The van der Waals surface area contributed by atoms with Gasteiger partial charge in [-0.2, -0.15) is 8.61 Å². The average molecular weight is 562 g/mol. The van der Waals surface area contributed by atoms with Crippen LogP contribution in [0.5, 0.6) is 0 Å². The minimum atomic E-state index is -4.09. The maximum Gasteiger partial charge on any atom is 0.244 e. The number of amides is 1. The van der Waals surface area contributed by atoms with Gasteiger partial charge in [0.05, 0.1) is 9.79 Å². The van der Waals surface area contributed by atoms with Crippen LogP contribution in [0.4, 0.5) is 5.69 Å². The van der Waals surface area contributed by atoms with E-state index in [0.717, 1.165) is 15.4 Å². The first-order valence-electron chi connectivity index (χ1n) is 12.4. The van der Waals surface area contributed by atoms with Crippen LogP contribution in [0.2, 0.25) is 0 Å². The third kappa shape index (κ3) is 5.50. The van der Waals surface area contributed by atoms with Crippen molar-refractivity contribution in [1.29, 1.82) is 0 Å². The van der Waals surface area contributed by atoms with Gasteiger partial charge < -0.3 is 5.32 Å². The summed E-state index contributed by atoms with van der Waals surface area (Å²) in [4.78, 5) is 13.9. The van der Waals surface area contributed by atoms with E-state index in [2.05, 4.69) is 5.32 Å². The maximum absolute atomic E-state index is 13.8. The molecule has 0 bridgehead atoms. The summed E-state index contributed by atoms with van der Waals surface area (Å²) in [5.74, 6) is -0.620. The Kier molecular flexibility index (Phi) is 7.62. The van der Waals surface area contributed by atoms with Gasteiger partial charge in [0.2, 0.25) is 26.0 Å². The molecule has 0 unspecified atom stereocenters. The molecular weight excluding hydrogens is 534 g/mol. The van der Waals surface area contributed by atoms with Crippen LogP contribution in [0.15, 0.2) is 125 Å². The van der Waals surface area contributed by atoms with Crippen LogP contribution in [-0.2, 0) is 24.8 Å². The molecule has 1 amide bonds. The van der Waals surface area contributed by atoms with Crippen LogP contribution in [0.1, 0.15) is 0 Å². The molecule has 10 heteroatoms. The molecule has 1 aliphatic rings. The van der Waals surface area contributed by atoms with E-state index in [1.807, 2.05) is 42.5 Å². The van der Waals surface area contributed by atoms with E-state index >= 15 is 0 Å². The fraction of sp³-hybridized carbons (Fsp3) is 0.138. The maximum atomic E-state index is 13.8. The molecule has 200 valence electrons. The molecule has 1 fully saturated rings. The molecule has 5 rings (SSSR count). The van der Waals surface area contributed by atoms with Crippen LogP contribution < -0.4 is 5.32 Å². The molecule has 8 nitrogen and oxygen atoms in total. The van der Waals surface area contributed by atoms with E-state index in [0.29, 0.717) is 5.69 Å². The standard InChI is InChI=1S/C29H27N3O5S2/c33-29(30-27-19-11-10-18-26(27)23-12-4-1-5-13-23)28-22-31(38(34,35)24-14-6-2-7-15-24)20-21-32(28)39(36,37)25-16-8-3-9-17-25/h1-19,28H,20-22H2,(H,30,33)/t28-/m1/s1. The Balaban J connectivity index is 1.51. The van der Waals surface area contributed by atoms with Crippen molar-refractivity contribution >= 4 is 31.6 Å². The number of para-hydroxylation sites is 1. The molecule has 1 saturated heterocycles. The number of benzene rings is 4. The molecule has 0 aromatic heterocycles. The van der Waals surface area contributed by atoms with Crippen molar-refractivity contribution < 1.29 is 21.6 Å². The lowest BCUT2D eigenvalue weighted by Gasteiger charge is -2.39. The molecule has 1 heterocycles. The van der Waals surface area contributed by atoms with Gasteiger partial charge in [-0.1, -0.05) is 84.9 Å². The first-order chi connectivity index (χ1) is 18.8. The van der Waals surface area contributed by atoms with E-state index in [-0.39, 0.29) is 29.4 Å². The first-order valence-corrected chi connectivity index (χ1v) is 15.2. The summed E-state index contributed by atoms with van der Waals surface area (Å²) in [7, 11) is -8.05. The van der Waals surface area contributed by atoms with Crippen molar-refractivity contribution in [2.75, 3.05) is 25.0 Å². The van der Waals surface area contributed by atoms with Gasteiger partial charge in [0.15, 0.2) is 0 Å². The molecule has 0 saturated carbocycles. The highest BCUT2D eigenvalue weighted by atomic mass is 32.2. The Morgan fingerprint density at radius 3 is 1.77 bits per heavy atom. The summed E-state index contributed by atoms with van der Waals surface area (Å²) in [5.41, 5.74) is 2.13. The minimum absolute atomic E-state index is 0.0341. The zero-order chi connectivity index (χ0) is 27.5. The number of nitrogens with one attached hydrogen (secondary N) is 1. The predicted molar refractivity (Wildman–Crippen MR) is 150 cm³/mol. The van der Waals surface area contributed by atoms with E-state index < -0.39 is 32.0 Å². The highest BCUT2D eigenvalue weighted by Crippen LogP contribution is 2.30. The van der Waals surface area contributed by atoms with Crippen molar-refractivity contribution in [1.82, 2.24) is 8.61 Å². The molecule has 1 aliphatic heterocycles. The number of anilines is 1. The van der Waals surface area contributed by atoms with Crippen molar-refractivity contribution in [3.63, 3.8) is 0 Å². The Bertz CT molecular complexity index is 1660. The minimum Gasteiger partial charge on any atom is -0.324 e. The van der Waals surface area contributed by atoms with Crippen LogP contribution in [-0.4, -0.2) is 57.0 Å². The van der Waals surface area contributed by atoms with Gasteiger partial charge in [-0.15, -0.1) is 0 Å². The first kappa shape index (κ1) is 26.8. The van der Waals surface area contributed by atoms with Gasteiger partial charge >= 0.3 is 0 Å². The number of hydrogen-bond donors (Lipinski definition) is 1. The molecule has 1 atom stereocenters. The predicted octanol–water partition coefficient (Wildman–Crippen LogP) is 4.06. The van der Waals surface area contributed by atoms with Crippen LogP contribution >= 0.6 is 0 Å². The topological polar surface area (TPSA) is 104 Å². The van der Waals surface area contributed by atoms with Gasteiger partial charge in [0.25, 0.3) is 0 Å². The monoisotopic (exact) mass is 561 g/mol. The van der Waals surface area contributed by atoms with E-state index in [1.165, 1.54) is 28.6 Å². The quantitative estimate of drug-likeness (QED) is 0.367. The Morgan fingerprint density at radius 1 is 0.641 bits per heavy atom. The number of piperazine rings is 1. The average Bonchev–Trinajstić information content (AvgIpc) is 2.98. The second-order valence-corrected chi connectivity index (χ2v) is 12.9. The summed E-state index contributed by atoms with van der Waals surface area (Å²) in [6.45, 7) is -0.599. The lowest BCUT2D eigenvalue weighted by atomic mass is 10.0. The van der Waals surface area contributed by atoms with Gasteiger partial charge in [0, 0.05) is 30.9 Å². The SMILES string of the molecule is O=C(Nc1ccccc1-c1ccccc1)[C@H]1CN(S(=O)(=O)c2ccccc2)CCN1S(=O)(=O)c1ccccc1. The van der Waals surface area contributed by atoms with Crippen molar-refractivity contribution in [2.24, 2.45) is 0 Å². The number of sulfonamides is 2. The Hall–Kier alpha value is -3.83. The van der Waals surface area contributed by atoms with Gasteiger partial charge in [0.1, 0.15) is 6.04 Å². The van der Waals surface area contributed by atoms with Crippen LogP contribution in [0.25, 0.3) is 11.1 Å². The number of nitrogens with zero attached hydrogens (tertiary/aromatic N) is 2. The molecule has 4 aromatic carbocycles. The summed E-state index contributed by atoms with van der Waals surface area (Å²) >= 11 is 0. The Labute approximate surface area is 228 Å². The highest BCUT2D eigenvalue weighted by Gasteiger charge is 2.43. The van der Waals surface area contributed by atoms with Crippen molar-refractivity contribution in [2.45, 2.75) is 15.8 Å². The number of hydrogen-bond acceptors (Lipinski definition) is 5. The fourth-order valence-corrected chi connectivity index (χ4v) is 7.66. The zero-order valence-electron chi connectivity index (χ0n) is 20.9. The van der Waals surface area contributed by atoms with Gasteiger partial charge in [-0.05, 0) is 35.9 Å². The zero-order valence-corrected chi connectivity index (χ0v) is 22.6. The van der Waals surface area contributed by atoms with E-state index in [9.17, 15) is 21.6 Å². The fourth-order valence-electron chi connectivity index (χ4n) is 4.61. The largest absolute Gasteiger partial charge is 0.324 e. The third-order valence-electron chi connectivity index (χ3n) is 6.60.